The van der Waals surface area contributed by atoms with Gasteiger partial charge in [0.1, 0.15) is 22.7 Å². The third-order valence-corrected chi connectivity index (χ3v) is 7.67. The van der Waals surface area contributed by atoms with E-state index in [1.807, 2.05) is 60.7 Å². The molecule has 7 rings (SSSR count). The summed E-state index contributed by atoms with van der Waals surface area (Å²) in [5, 5.41) is 11.8. The first kappa shape index (κ1) is 24.8. The Hall–Kier alpha value is -5.20. The zero-order valence-corrected chi connectivity index (χ0v) is 21.6. The zero-order valence-electron chi connectivity index (χ0n) is 20.8. The molecule has 0 N–H and O–H groups in total. The second-order valence-electron chi connectivity index (χ2n) is 9.37. The van der Waals surface area contributed by atoms with Crippen LogP contribution < -0.4 is 0 Å². The summed E-state index contributed by atoms with van der Waals surface area (Å²) in [6.07, 6.45) is 0. The molecule has 41 heavy (non-hydrogen) atoms. The van der Waals surface area contributed by atoms with Crippen molar-refractivity contribution < 1.29 is 17.6 Å². The van der Waals surface area contributed by atoms with Crippen LogP contribution in [0.15, 0.2) is 84.9 Å². The van der Waals surface area contributed by atoms with Crippen LogP contribution in [-0.2, 0) is 0 Å². The van der Waals surface area contributed by atoms with Crippen LogP contribution in [0.5, 0.6) is 0 Å². The van der Waals surface area contributed by atoms with Crippen molar-refractivity contribution in [3.8, 4) is 39.6 Å². The average molecular weight is 563 g/mol. The van der Waals surface area contributed by atoms with Crippen LogP contribution in [0.25, 0.3) is 66.2 Å². The maximum absolute atomic E-state index is 14.5. The predicted octanol–water partition coefficient (Wildman–Crippen LogP) is 8.82. The van der Waals surface area contributed by atoms with Gasteiger partial charge in [-0.15, -0.1) is 0 Å². The van der Waals surface area contributed by atoms with E-state index in [4.69, 9.17) is 10.2 Å². The van der Waals surface area contributed by atoms with E-state index in [1.165, 1.54) is 23.9 Å². The van der Waals surface area contributed by atoms with Crippen molar-refractivity contribution in [3.05, 3.63) is 114 Å². The summed E-state index contributed by atoms with van der Waals surface area (Å²) in [6, 6.07) is 26.6. The lowest BCUT2D eigenvalue weighted by Gasteiger charge is -2.12. The molecule has 0 saturated heterocycles. The van der Waals surface area contributed by atoms with Gasteiger partial charge in [0.2, 0.25) is 0 Å². The number of para-hydroxylation sites is 1. The molecule has 196 valence electrons. The number of nitrogens with zero attached hydrogens (tertiary/aromatic N) is 4. The number of nitriles is 1. The second-order valence-corrected chi connectivity index (χ2v) is 9.90. The first-order valence-electron chi connectivity index (χ1n) is 12.4. The summed E-state index contributed by atoms with van der Waals surface area (Å²) in [7, 11) is 0. The summed E-state index contributed by atoms with van der Waals surface area (Å²) in [5.41, 5.74) is 3.51. The van der Waals surface area contributed by atoms with E-state index in [9.17, 15) is 17.6 Å². The molecular weight excluding hydrogens is 548 g/mol. The molecule has 0 amide bonds. The van der Waals surface area contributed by atoms with E-state index in [0.29, 0.717) is 0 Å². The molecule has 0 radical (unpaired) electrons. The molecule has 0 bridgehead atoms. The summed E-state index contributed by atoms with van der Waals surface area (Å²) in [6.45, 7) is 0. The fraction of sp³-hybridized carbons (Fsp3) is 0. The molecule has 0 aliphatic heterocycles. The molecule has 2 heterocycles. The molecule has 4 nitrogen and oxygen atoms in total. The van der Waals surface area contributed by atoms with Gasteiger partial charge in [-0.05, 0) is 34.9 Å². The van der Waals surface area contributed by atoms with E-state index in [2.05, 4.69) is 8.75 Å². The van der Waals surface area contributed by atoms with Crippen molar-refractivity contribution in [1.29, 1.82) is 5.26 Å². The Morgan fingerprint density at radius 3 is 1.85 bits per heavy atom. The van der Waals surface area contributed by atoms with Crippen molar-refractivity contribution in [3.63, 3.8) is 0 Å². The van der Waals surface area contributed by atoms with Gasteiger partial charge in [-0.25, -0.2) is 22.5 Å². The van der Waals surface area contributed by atoms with E-state index >= 15 is 0 Å². The monoisotopic (exact) mass is 562 g/mol. The van der Waals surface area contributed by atoms with Gasteiger partial charge in [0.25, 0.3) is 0 Å². The number of benzene rings is 5. The third-order valence-electron chi connectivity index (χ3n) is 7.13. The van der Waals surface area contributed by atoms with E-state index in [1.54, 1.807) is 12.1 Å². The zero-order chi connectivity index (χ0) is 28.2. The predicted molar refractivity (Wildman–Crippen MR) is 151 cm³/mol. The molecule has 0 unspecified atom stereocenters. The fourth-order valence-corrected chi connectivity index (χ4v) is 5.68. The SMILES string of the molecule is N#Cc1c(F)c(F)c(-c2ccc(-c3ccc(-c4nc5ccccc5c5c4ccc4nsnc45)cc3)cc2)c(F)c1F. The van der Waals surface area contributed by atoms with E-state index < -0.39 is 34.4 Å². The minimum Gasteiger partial charge on any atom is -0.247 e. The summed E-state index contributed by atoms with van der Waals surface area (Å²) < 4.78 is 66.3. The molecule has 5 aromatic carbocycles. The molecule has 0 aliphatic carbocycles. The normalized spacial score (nSPS) is 11.4. The maximum atomic E-state index is 14.5. The van der Waals surface area contributed by atoms with E-state index in [-0.39, 0.29) is 5.56 Å². The van der Waals surface area contributed by atoms with Gasteiger partial charge in [0, 0.05) is 21.7 Å². The van der Waals surface area contributed by atoms with Crippen molar-refractivity contribution in [2.24, 2.45) is 0 Å². The highest BCUT2D eigenvalue weighted by molar-refractivity contribution is 7.00. The van der Waals surface area contributed by atoms with Crippen LogP contribution in [0.3, 0.4) is 0 Å². The van der Waals surface area contributed by atoms with Gasteiger partial charge < -0.3 is 0 Å². The van der Waals surface area contributed by atoms with Gasteiger partial charge in [-0.3, -0.25) is 0 Å². The molecule has 7 aromatic rings. The van der Waals surface area contributed by atoms with Crippen LogP contribution >= 0.6 is 11.7 Å². The molecule has 2 aromatic heterocycles. The lowest BCUT2D eigenvalue weighted by atomic mass is 9.96. The van der Waals surface area contributed by atoms with Crippen molar-refractivity contribution >= 4 is 44.4 Å². The number of rotatable bonds is 3. The van der Waals surface area contributed by atoms with Gasteiger partial charge in [-0.2, -0.15) is 14.0 Å². The van der Waals surface area contributed by atoms with Gasteiger partial charge >= 0.3 is 0 Å². The molecule has 9 heteroatoms. The highest BCUT2D eigenvalue weighted by Gasteiger charge is 2.26. The minimum atomic E-state index is -1.72. The first-order chi connectivity index (χ1) is 20.0. The summed E-state index contributed by atoms with van der Waals surface area (Å²) in [5.74, 6) is -6.66. The Bertz CT molecular complexity index is 2170. The van der Waals surface area contributed by atoms with Crippen LogP contribution in [0, 0.1) is 34.6 Å². The van der Waals surface area contributed by atoms with Crippen LogP contribution in [0.1, 0.15) is 5.56 Å². The Labute approximate surface area is 234 Å². The van der Waals surface area contributed by atoms with Crippen LogP contribution in [-0.4, -0.2) is 13.7 Å². The van der Waals surface area contributed by atoms with Crippen molar-refractivity contribution in [2.45, 2.75) is 0 Å². The lowest BCUT2D eigenvalue weighted by molar-refractivity contribution is 0.454. The number of aromatic nitrogens is 3. The number of hydrogen-bond donors (Lipinski definition) is 0. The standard InChI is InChI=1S/C32H14F4N4S/c33-27-22(15-37)28(34)30(36)25(29(27)35)18-9-5-16(6-10-18)17-7-11-19(12-8-17)31-21-13-14-24-32(40-41-39-24)26(21)20-3-1-2-4-23(20)38-31/h1-14H. The number of pyridine rings is 1. The third kappa shape index (κ3) is 3.84. The molecule has 0 aliphatic rings. The molecule has 0 fully saturated rings. The first-order valence-corrected chi connectivity index (χ1v) is 13.1. The topological polar surface area (TPSA) is 62.5 Å². The van der Waals surface area contributed by atoms with Gasteiger partial charge in [0.15, 0.2) is 23.3 Å². The lowest BCUT2D eigenvalue weighted by Crippen LogP contribution is -2.03. The summed E-state index contributed by atoms with van der Waals surface area (Å²) >= 11 is 1.17. The number of hydrogen-bond acceptors (Lipinski definition) is 5. The highest BCUT2D eigenvalue weighted by atomic mass is 32.1. The minimum absolute atomic E-state index is 0.0580. The molecule has 0 atom stereocenters. The van der Waals surface area contributed by atoms with Crippen molar-refractivity contribution in [1.82, 2.24) is 13.7 Å². The molecular formula is C32H14F4N4S. The number of fused-ring (bicyclic) bond motifs is 5. The second kappa shape index (κ2) is 9.47. The Kier molecular flexibility index (Phi) is 5.73. The fourth-order valence-electron chi connectivity index (χ4n) is 5.14. The largest absolute Gasteiger partial charge is 0.247 e. The Morgan fingerprint density at radius 2 is 1.20 bits per heavy atom. The smallest absolute Gasteiger partial charge is 0.180 e. The molecule has 0 saturated carbocycles. The molecule has 0 spiro atoms. The van der Waals surface area contributed by atoms with Gasteiger partial charge in [0.05, 0.1) is 28.5 Å². The Balaban J connectivity index is 1.29. The maximum Gasteiger partial charge on any atom is 0.180 e. The van der Waals surface area contributed by atoms with Crippen LogP contribution in [0.4, 0.5) is 17.6 Å². The van der Waals surface area contributed by atoms with Gasteiger partial charge in [-0.1, -0.05) is 66.7 Å². The van der Waals surface area contributed by atoms with Crippen molar-refractivity contribution in [2.75, 3.05) is 0 Å². The quantitative estimate of drug-likeness (QED) is 0.123. The van der Waals surface area contributed by atoms with Crippen LogP contribution in [0.2, 0.25) is 0 Å². The summed E-state index contributed by atoms with van der Waals surface area (Å²) in [4.78, 5) is 4.96. The highest BCUT2D eigenvalue weighted by Crippen LogP contribution is 2.37. The Morgan fingerprint density at radius 1 is 0.585 bits per heavy atom. The number of halogens is 4. The average Bonchev–Trinajstić information content (AvgIpc) is 3.50. The van der Waals surface area contributed by atoms with E-state index in [0.717, 1.165) is 61.2 Å².